The Morgan fingerprint density at radius 2 is 2.11 bits per heavy atom. The van der Waals surface area contributed by atoms with Crippen molar-refractivity contribution in [2.75, 3.05) is 24.7 Å². The minimum atomic E-state index is -0.111. The zero-order valence-electron chi connectivity index (χ0n) is 15.2. The van der Waals surface area contributed by atoms with E-state index in [9.17, 15) is 4.79 Å². The summed E-state index contributed by atoms with van der Waals surface area (Å²) in [5.41, 5.74) is 1.52. The molecule has 3 heterocycles. The standard InChI is InChI=1S/C19H23N5OS2/c1-20-12-16-4-5-17(27-16)13-26-8-7-22-19-23-11-15(18(25)24-19)9-14-3-2-6-21-10-14/h2-6,10-11,20H,7-9,12-13H2,1H3,(H2,22,23,24,25). The number of hydrogen-bond acceptors (Lipinski definition) is 7. The third kappa shape index (κ3) is 6.20. The summed E-state index contributed by atoms with van der Waals surface area (Å²) in [7, 11) is 1.96. The van der Waals surface area contributed by atoms with Crippen LogP contribution in [-0.4, -0.2) is 34.3 Å². The number of aromatic amines is 1. The van der Waals surface area contributed by atoms with Crippen molar-refractivity contribution in [1.82, 2.24) is 20.3 Å². The summed E-state index contributed by atoms with van der Waals surface area (Å²) in [4.78, 5) is 26.1. The van der Waals surface area contributed by atoms with Gasteiger partial charge in [-0.2, -0.15) is 11.8 Å². The average Bonchev–Trinajstić information content (AvgIpc) is 3.12. The van der Waals surface area contributed by atoms with Crippen LogP contribution in [0.4, 0.5) is 5.95 Å². The molecule has 8 heteroatoms. The number of nitrogens with zero attached hydrogens (tertiary/aromatic N) is 2. The molecule has 0 saturated carbocycles. The van der Waals surface area contributed by atoms with Gasteiger partial charge in [0.15, 0.2) is 0 Å². The molecule has 0 aliphatic carbocycles. The summed E-state index contributed by atoms with van der Waals surface area (Å²) in [5.74, 6) is 2.47. The second-order valence-corrected chi connectivity index (χ2v) is 8.36. The maximum atomic E-state index is 12.2. The molecule has 0 fully saturated rings. The zero-order valence-corrected chi connectivity index (χ0v) is 16.8. The predicted octanol–water partition coefficient (Wildman–Crippen LogP) is 2.88. The van der Waals surface area contributed by atoms with E-state index in [4.69, 9.17) is 0 Å². The van der Waals surface area contributed by atoms with E-state index in [0.717, 1.165) is 30.2 Å². The molecule has 0 amide bonds. The second-order valence-electron chi connectivity index (χ2n) is 6.00. The molecule has 0 atom stereocenters. The molecule has 0 radical (unpaired) electrons. The number of pyridine rings is 1. The zero-order chi connectivity index (χ0) is 18.9. The number of rotatable bonds is 10. The first kappa shape index (κ1) is 19.6. The number of thiophene rings is 1. The Morgan fingerprint density at radius 3 is 2.89 bits per heavy atom. The molecular weight excluding hydrogens is 378 g/mol. The van der Waals surface area contributed by atoms with Crippen LogP contribution in [0.2, 0.25) is 0 Å². The van der Waals surface area contributed by atoms with Gasteiger partial charge in [0.05, 0.1) is 0 Å². The Balaban J connectivity index is 1.41. The highest BCUT2D eigenvalue weighted by molar-refractivity contribution is 7.98. The quantitative estimate of drug-likeness (QED) is 0.453. The molecule has 0 spiro atoms. The maximum Gasteiger partial charge on any atom is 0.255 e. The van der Waals surface area contributed by atoms with Crippen LogP contribution in [0.25, 0.3) is 0 Å². The third-order valence-electron chi connectivity index (χ3n) is 3.84. The molecule has 3 aromatic heterocycles. The largest absolute Gasteiger partial charge is 0.355 e. The van der Waals surface area contributed by atoms with E-state index < -0.39 is 0 Å². The van der Waals surface area contributed by atoms with Crippen molar-refractivity contribution < 1.29 is 0 Å². The second kappa shape index (κ2) is 10.2. The lowest BCUT2D eigenvalue weighted by atomic mass is 10.1. The lowest BCUT2D eigenvalue weighted by Crippen LogP contribution is -2.18. The van der Waals surface area contributed by atoms with Gasteiger partial charge in [0.25, 0.3) is 5.56 Å². The molecule has 0 aliphatic rings. The number of hydrogen-bond donors (Lipinski definition) is 3. The van der Waals surface area contributed by atoms with Crippen LogP contribution in [0.3, 0.4) is 0 Å². The fourth-order valence-corrected chi connectivity index (χ4v) is 4.54. The smallest absolute Gasteiger partial charge is 0.255 e. The van der Waals surface area contributed by atoms with Crippen LogP contribution in [0, 0.1) is 0 Å². The summed E-state index contributed by atoms with van der Waals surface area (Å²) in [6, 6.07) is 8.18. The van der Waals surface area contributed by atoms with Crippen molar-refractivity contribution in [2.24, 2.45) is 0 Å². The summed E-state index contributed by atoms with van der Waals surface area (Å²) in [6.07, 6.45) is 5.65. The van der Waals surface area contributed by atoms with Crippen LogP contribution >= 0.6 is 23.1 Å². The van der Waals surface area contributed by atoms with Crippen molar-refractivity contribution in [1.29, 1.82) is 0 Å². The Labute approximate surface area is 166 Å². The van der Waals surface area contributed by atoms with Crippen molar-refractivity contribution in [3.63, 3.8) is 0 Å². The monoisotopic (exact) mass is 401 g/mol. The Kier molecular flexibility index (Phi) is 7.44. The maximum absolute atomic E-state index is 12.2. The topological polar surface area (TPSA) is 82.7 Å². The van der Waals surface area contributed by atoms with Crippen molar-refractivity contribution in [3.05, 3.63) is 74.1 Å². The van der Waals surface area contributed by atoms with Gasteiger partial charge in [-0.05, 0) is 30.8 Å². The van der Waals surface area contributed by atoms with E-state index in [0.29, 0.717) is 17.9 Å². The van der Waals surface area contributed by atoms with Crippen molar-refractivity contribution in [3.8, 4) is 0 Å². The van der Waals surface area contributed by atoms with Crippen LogP contribution in [0.5, 0.6) is 0 Å². The van der Waals surface area contributed by atoms with Gasteiger partial charge in [-0.25, -0.2) is 4.98 Å². The number of thioether (sulfide) groups is 1. The molecule has 0 aliphatic heterocycles. The van der Waals surface area contributed by atoms with Gasteiger partial charge in [0.2, 0.25) is 5.95 Å². The first-order valence-electron chi connectivity index (χ1n) is 8.75. The Hall–Kier alpha value is -2.16. The van der Waals surface area contributed by atoms with E-state index in [2.05, 4.69) is 37.7 Å². The number of aromatic nitrogens is 3. The SMILES string of the molecule is CNCc1ccc(CSCCNc2ncc(Cc3cccnc3)c(=O)[nH]2)s1. The lowest BCUT2D eigenvalue weighted by molar-refractivity contribution is 0.831. The van der Waals surface area contributed by atoms with Gasteiger partial charge in [0, 0.05) is 64.9 Å². The van der Waals surface area contributed by atoms with E-state index in [1.54, 1.807) is 18.6 Å². The van der Waals surface area contributed by atoms with E-state index >= 15 is 0 Å². The van der Waals surface area contributed by atoms with Gasteiger partial charge in [-0.15, -0.1) is 11.3 Å². The first-order chi connectivity index (χ1) is 13.2. The molecule has 3 aromatic rings. The van der Waals surface area contributed by atoms with E-state index in [1.165, 1.54) is 9.75 Å². The molecule has 27 heavy (non-hydrogen) atoms. The fourth-order valence-electron chi connectivity index (χ4n) is 2.54. The number of anilines is 1. The molecule has 0 unspecified atom stereocenters. The highest BCUT2D eigenvalue weighted by Gasteiger charge is 2.04. The lowest BCUT2D eigenvalue weighted by Gasteiger charge is -2.06. The molecule has 3 rings (SSSR count). The van der Waals surface area contributed by atoms with Gasteiger partial charge in [-0.1, -0.05) is 6.07 Å². The molecule has 0 saturated heterocycles. The normalized spacial score (nSPS) is 10.9. The minimum Gasteiger partial charge on any atom is -0.355 e. The molecule has 3 N–H and O–H groups in total. The molecule has 142 valence electrons. The Bertz CT molecular complexity index is 894. The van der Waals surface area contributed by atoms with Gasteiger partial charge < -0.3 is 10.6 Å². The molecule has 6 nitrogen and oxygen atoms in total. The van der Waals surface area contributed by atoms with Gasteiger partial charge >= 0.3 is 0 Å². The fraction of sp³-hybridized carbons (Fsp3) is 0.316. The molecular formula is C19H23N5OS2. The van der Waals surface area contributed by atoms with E-state index in [-0.39, 0.29) is 5.56 Å². The third-order valence-corrected chi connectivity index (χ3v) is 6.12. The van der Waals surface area contributed by atoms with Gasteiger partial charge in [0.1, 0.15) is 0 Å². The Morgan fingerprint density at radius 1 is 1.22 bits per heavy atom. The summed E-state index contributed by atoms with van der Waals surface area (Å²) < 4.78 is 0. The van der Waals surface area contributed by atoms with Crippen LogP contribution in [0.15, 0.2) is 47.7 Å². The van der Waals surface area contributed by atoms with Crippen LogP contribution in [0.1, 0.15) is 20.9 Å². The highest BCUT2D eigenvalue weighted by Crippen LogP contribution is 2.21. The first-order valence-corrected chi connectivity index (χ1v) is 10.7. The van der Waals surface area contributed by atoms with Crippen molar-refractivity contribution >= 4 is 29.0 Å². The van der Waals surface area contributed by atoms with E-state index in [1.807, 2.05) is 42.3 Å². The highest BCUT2D eigenvalue weighted by atomic mass is 32.2. The predicted molar refractivity (Wildman–Crippen MR) is 114 cm³/mol. The van der Waals surface area contributed by atoms with Crippen LogP contribution < -0.4 is 16.2 Å². The molecule has 0 bridgehead atoms. The number of nitrogens with one attached hydrogen (secondary N) is 3. The van der Waals surface area contributed by atoms with Crippen LogP contribution in [-0.2, 0) is 18.7 Å². The average molecular weight is 402 g/mol. The van der Waals surface area contributed by atoms with Crippen molar-refractivity contribution in [2.45, 2.75) is 18.7 Å². The number of H-pyrrole nitrogens is 1. The van der Waals surface area contributed by atoms with Gasteiger partial charge in [-0.3, -0.25) is 14.8 Å². The summed E-state index contributed by atoms with van der Waals surface area (Å²) in [5, 5.41) is 6.35. The summed E-state index contributed by atoms with van der Waals surface area (Å²) in [6.45, 7) is 1.68. The molecule has 0 aromatic carbocycles. The minimum absolute atomic E-state index is 0.111. The summed E-state index contributed by atoms with van der Waals surface area (Å²) >= 11 is 3.71.